The quantitative estimate of drug-likeness (QED) is 0.612. The molecule has 0 unspecified atom stereocenters. The van der Waals surface area contributed by atoms with Crippen LogP contribution in [0.25, 0.3) is 11.1 Å². The summed E-state index contributed by atoms with van der Waals surface area (Å²) in [6.45, 7) is 1.23. The molecule has 3 aromatic rings. The Morgan fingerprint density at radius 3 is 2.06 bits per heavy atom. The molecule has 4 rings (SSSR count). The number of hydrogen-bond acceptors (Lipinski definition) is 4. The van der Waals surface area contributed by atoms with E-state index < -0.39 is 0 Å². The minimum Gasteiger partial charge on any atom is -0.497 e. The number of nitrogens with zero attached hydrogens (tertiary/aromatic N) is 1. The summed E-state index contributed by atoms with van der Waals surface area (Å²) in [5, 5.41) is 3.08. The molecule has 33 heavy (non-hydrogen) atoms. The standard InChI is InChI=1S/C27H28N2O4/c1-32-24-12-10-20(11-13-24)26(30)28-23-14-16-29(17-15-23)27(31)21-8-6-19(7-9-21)22-4-3-5-25(18-22)33-2/h3-13,18,23H,14-17H2,1-2H3,(H,28,30). The van der Waals surface area contributed by atoms with Gasteiger partial charge in [0.05, 0.1) is 14.2 Å². The van der Waals surface area contributed by atoms with Gasteiger partial charge in [0.15, 0.2) is 0 Å². The largest absolute Gasteiger partial charge is 0.497 e. The lowest BCUT2D eigenvalue weighted by molar-refractivity contribution is 0.0698. The van der Waals surface area contributed by atoms with Crippen LogP contribution in [0.4, 0.5) is 0 Å². The van der Waals surface area contributed by atoms with Crippen molar-refractivity contribution in [2.75, 3.05) is 27.3 Å². The normalized spacial score (nSPS) is 13.9. The third kappa shape index (κ3) is 5.34. The van der Waals surface area contributed by atoms with Crippen molar-refractivity contribution in [3.63, 3.8) is 0 Å². The molecule has 0 atom stereocenters. The monoisotopic (exact) mass is 444 g/mol. The van der Waals surface area contributed by atoms with Crippen LogP contribution in [0, 0.1) is 0 Å². The molecule has 1 aliphatic rings. The van der Waals surface area contributed by atoms with Crippen molar-refractivity contribution in [1.29, 1.82) is 0 Å². The van der Waals surface area contributed by atoms with Crippen LogP contribution < -0.4 is 14.8 Å². The Bertz CT molecular complexity index is 1100. The SMILES string of the molecule is COc1ccc(C(=O)NC2CCN(C(=O)c3ccc(-c4cccc(OC)c4)cc3)CC2)cc1. The van der Waals surface area contributed by atoms with Crippen LogP contribution >= 0.6 is 0 Å². The van der Waals surface area contributed by atoms with Gasteiger partial charge in [0.1, 0.15) is 11.5 Å². The van der Waals surface area contributed by atoms with Crippen LogP contribution in [0.15, 0.2) is 72.8 Å². The topological polar surface area (TPSA) is 67.9 Å². The molecule has 0 aliphatic carbocycles. The average Bonchev–Trinajstić information content (AvgIpc) is 2.89. The van der Waals surface area contributed by atoms with Crippen molar-refractivity contribution in [2.45, 2.75) is 18.9 Å². The summed E-state index contributed by atoms with van der Waals surface area (Å²) in [4.78, 5) is 27.3. The van der Waals surface area contributed by atoms with Crippen molar-refractivity contribution in [2.24, 2.45) is 0 Å². The second-order valence-corrected chi connectivity index (χ2v) is 8.08. The van der Waals surface area contributed by atoms with Crippen molar-refractivity contribution < 1.29 is 19.1 Å². The first-order valence-corrected chi connectivity index (χ1v) is 11.1. The van der Waals surface area contributed by atoms with E-state index in [0.29, 0.717) is 24.2 Å². The highest BCUT2D eigenvalue weighted by atomic mass is 16.5. The van der Waals surface area contributed by atoms with Crippen LogP contribution in [0.1, 0.15) is 33.6 Å². The summed E-state index contributed by atoms with van der Waals surface area (Å²) < 4.78 is 10.4. The highest BCUT2D eigenvalue weighted by Gasteiger charge is 2.25. The van der Waals surface area contributed by atoms with E-state index in [1.54, 1.807) is 38.5 Å². The maximum absolute atomic E-state index is 13.0. The van der Waals surface area contributed by atoms with Gasteiger partial charge in [0.25, 0.3) is 11.8 Å². The van der Waals surface area contributed by atoms with E-state index in [2.05, 4.69) is 5.32 Å². The number of rotatable bonds is 6. The number of nitrogens with one attached hydrogen (secondary N) is 1. The predicted molar refractivity (Wildman–Crippen MR) is 128 cm³/mol. The highest BCUT2D eigenvalue weighted by Crippen LogP contribution is 2.25. The summed E-state index contributed by atoms with van der Waals surface area (Å²) in [6, 6.07) is 22.6. The number of hydrogen-bond donors (Lipinski definition) is 1. The van der Waals surface area contributed by atoms with E-state index in [-0.39, 0.29) is 17.9 Å². The first-order valence-electron chi connectivity index (χ1n) is 11.1. The number of piperidine rings is 1. The third-order valence-corrected chi connectivity index (χ3v) is 6.00. The number of methoxy groups -OCH3 is 2. The van der Waals surface area contributed by atoms with E-state index in [1.165, 1.54) is 0 Å². The molecule has 1 fully saturated rings. The van der Waals surface area contributed by atoms with Crippen LogP contribution in [0.5, 0.6) is 11.5 Å². The molecule has 6 heteroatoms. The summed E-state index contributed by atoms with van der Waals surface area (Å²) in [7, 11) is 3.24. The lowest BCUT2D eigenvalue weighted by Crippen LogP contribution is -2.46. The zero-order chi connectivity index (χ0) is 23.2. The molecule has 170 valence electrons. The Morgan fingerprint density at radius 1 is 0.788 bits per heavy atom. The molecular formula is C27H28N2O4. The van der Waals surface area contributed by atoms with E-state index in [1.807, 2.05) is 53.4 Å². The van der Waals surface area contributed by atoms with Gasteiger partial charge >= 0.3 is 0 Å². The maximum Gasteiger partial charge on any atom is 0.253 e. The first-order chi connectivity index (χ1) is 16.1. The first kappa shape index (κ1) is 22.4. The molecule has 0 bridgehead atoms. The predicted octanol–water partition coefficient (Wildman–Crippen LogP) is 4.41. The number of ether oxygens (including phenoxy) is 2. The molecule has 0 radical (unpaired) electrons. The van der Waals surface area contributed by atoms with Gasteiger partial charge in [-0.15, -0.1) is 0 Å². The molecular weight excluding hydrogens is 416 g/mol. The van der Waals surface area contributed by atoms with E-state index in [9.17, 15) is 9.59 Å². The molecule has 6 nitrogen and oxygen atoms in total. The lowest BCUT2D eigenvalue weighted by Gasteiger charge is -2.32. The molecule has 0 aromatic heterocycles. The molecule has 1 aliphatic heterocycles. The summed E-state index contributed by atoms with van der Waals surface area (Å²) in [5.41, 5.74) is 3.35. The van der Waals surface area contributed by atoms with Crippen LogP contribution in [-0.4, -0.2) is 50.1 Å². The highest BCUT2D eigenvalue weighted by molar-refractivity contribution is 5.95. The Kier molecular flexibility index (Phi) is 6.93. The summed E-state index contributed by atoms with van der Waals surface area (Å²) in [6.07, 6.45) is 1.46. The van der Waals surface area contributed by atoms with Gasteiger partial charge in [-0.2, -0.15) is 0 Å². The number of amides is 2. The Hall–Kier alpha value is -3.80. The zero-order valence-corrected chi connectivity index (χ0v) is 18.9. The van der Waals surface area contributed by atoms with E-state index in [4.69, 9.17) is 9.47 Å². The van der Waals surface area contributed by atoms with Gasteiger partial charge in [-0.25, -0.2) is 0 Å². The summed E-state index contributed by atoms with van der Waals surface area (Å²) in [5.74, 6) is 1.44. The van der Waals surface area contributed by atoms with Gasteiger partial charge in [-0.3, -0.25) is 9.59 Å². The number of benzene rings is 3. The number of carbonyl (C=O) groups is 2. The van der Waals surface area contributed by atoms with Crippen molar-refractivity contribution in [3.8, 4) is 22.6 Å². The number of carbonyl (C=O) groups excluding carboxylic acids is 2. The second-order valence-electron chi connectivity index (χ2n) is 8.08. The maximum atomic E-state index is 13.0. The molecule has 0 saturated carbocycles. The fourth-order valence-corrected chi connectivity index (χ4v) is 4.03. The smallest absolute Gasteiger partial charge is 0.253 e. The zero-order valence-electron chi connectivity index (χ0n) is 18.9. The van der Waals surface area contributed by atoms with Gasteiger partial charge in [0, 0.05) is 30.3 Å². The second kappa shape index (κ2) is 10.2. The van der Waals surface area contributed by atoms with Gasteiger partial charge in [-0.1, -0.05) is 24.3 Å². The summed E-state index contributed by atoms with van der Waals surface area (Å²) >= 11 is 0. The van der Waals surface area contributed by atoms with Crippen LogP contribution in [0.2, 0.25) is 0 Å². The van der Waals surface area contributed by atoms with Crippen molar-refractivity contribution >= 4 is 11.8 Å². The Balaban J connectivity index is 1.31. The van der Waals surface area contributed by atoms with Crippen molar-refractivity contribution in [3.05, 3.63) is 83.9 Å². The third-order valence-electron chi connectivity index (χ3n) is 6.00. The fourth-order valence-electron chi connectivity index (χ4n) is 4.03. The molecule has 3 aromatic carbocycles. The van der Waals surface area contributed by atoms with E-state index >= 15 is 0 Å². The Labute approximate surface area is 194 Å². The van der Waals surface area contributed by atoms with E-state index in [0.717, 1.165) is 35.5 Å². The fraction of sp³-hybridized carbons (Fsp3) is 0.259. The van der Waals surface area contributed by atoms with Crippen LogP contribution in [-0.2, 0) is 0 Å². The molecule has 2 amide bonds. The Morgan fingerprint density at radius 2 is 1.42 bits per heavy atom. The average molecular weight is 445 g/mol. The number of likely N-dealkylation sites (tertiary alicyclic amines) is 1. The minimum absolute atomic E-state index is 0.0205. The van der Waals surface area contributed by atoms with Gasteiger partial charge in [0.2, 0.25) is 0 Å². The minimum atomic E-state index is -0.101. The molecule has 0 spiro atoms. The van der Waals surface area contributed by atoms with Gasteiger partial charge < -0.3 is 19.7 Å². The molecule has 1 saturated heterocycles. The van der Waals surface area contributed by atoms with Gasteiger partial charge in [-0.05, 0) is 72.5 Å². The molecule has 1 heterocycles. The lowest BCUT2D eigenvalue weighted by atomic mass is 10.0. The van der Waals surface area contributed by atoms with Crippen LogP contribution in [0.3, 0.4) is 0 Å². The molecule has 1 N–H and O–H groups in total. The van der Waals surface area contributed by atoms with Crippen molar-refractivity contribution in [1.82, 2.24) is 10.2 Å².